The third-order valence-electron chi connectivity index (χ3n) is 10.7. The van der Waals surface area contributed by atoms with E-state index >= 15 is 0 Å². The zero-order chi connectivity index (χ0) is 28.1. The second-order valence-electron chi connectivity index (χ2n) is 13.0. The zero-order valence-electron chi connectivity index (χ0n) is 22.9. The fourth-order valence-corrected chi connectivity index (χ4v) is 8.52. The smallest absolute Gasteiger partial charge is 0.261 e. The first-order valence-electron chi connectivity index (χ1n) is 14.9. The maximum atomic E-state index is 13.5. The van der Waals surface area contributed by atoms with Crippen LogP contribution in [0.4, 0.5) is 0 Å². The molecular weight excluding hydrogens is 518 g/mol. The molecule has 2 bridgehead atoms. The predicted molar refractivity (Wildman–Crippen MR) is 152 cm³/mol. The number of carbonyl (C=O) groups excluding carboxylic acids is 1. The number of nitrogens with one attached hydrogen (secondary N) is 2. The van der Waals surface area contributed by atoms with E-state index in [4.69, 9.17) is 0 Å². The molecule has 0 radical (unpaired) electrons. The number of carbonyl (C=O) groups is 1. The summed E-state index contributed by atoms with van der Waals surface area (Å²) in [6.45, 7) is 1.84. The van der Waals surface area contributed by atoms with Crippen molar-refractivity contribution < 1.29 is 20.1 Å². The zero-order valence-corrected chi connectivity index (χ0v) is 22.9. The van der Waals surface area contributed by atoms with E-state index in [0.717, 1.165) is 53.0 Å². The predicted octanol–water partition coefficient (Wildman–Crippen LogP) is 2.28. The number of piperidine rings is 1. The molecule has 5 atom stereocenters. The number of phenols is 1. The lowest BCUT2D eigenvalue weighted by molar-refractivity contribution is -0.152. The number of aromatic amines is 1. The number of H-pyrrole nitrogens is 1. The van der Waals surface area contributed by atoms with E-state index in [2.05, 4.69) is 15.2 Å². The lowest BCUT2D eigenvalue weighted by Crippen LogP contribution is -2.74. The van der Waals surface area contributed by atoms with Crippen molar-refractivity contribution in [3.8, 4) is 5.75 Å². The molecule has 5 N–H and O–H groups in total. The highest BCUT2D eigenvalue weighted by Gasteiger charge is 2.64. The number of benzene rings is 2. The van der Waals surface area contributed by atoms with E-state index in [1.54, 1.807) is 12.1 Å². The Morgan fingerprint density at radius 3 is 2.71 bits per heavy atom. The topological polar surface area (TPSA) is 126 Å². The minimum Gasteiger partial charge on any atom is -0.508 e. The molecule has 0 spiro atoms. The number of aromatic nitrogens is 1. The first-order chi connectivity index (χ1) is 19.8. The van der Waals surface area contributed by atoms with Crippen LogP contribution in [0.1, 0.15) is 69.2 Å². The quantitative estimate of drug-likeness (QED) is 0.338. The summed E-state index contributed by atoms with van der Waals surface area (Å²) in [7, 11) is 0. The van der Waals surface area contributed by atoms with Crippen molar-refractivity contribution in [2.45, 2.75) is 74.1 Å². The number of likely N-dealkylation sites (tertiary alicyclic amines) is 1. The molecule has 2 aromatic carbocycles. The Kier molecular flexibility index (Phi) is 5.40. The van der Waals surface area contributed by atoms with E-state index in [9.17, 15) is 24.9 Å². The number of hydrogen-bond acceptors (Lipinski definition) is 6. The van der Waals surface area contributed by atoms with Gasteiger partial charge >= 0.3 is 0 Å². The Morgan fingerprint density at radius 1 is 1.05 bits per heavy atom. The molecule has 3 aromatic rings. The molecular formula is C33H35N3O5. The van der Waals surface area contributed by atoms with Gasteiger partial charge < -0.3 is 25.6 Å². The average molecular weight is 554 g/mol. The fraction of sp³-hybridized carbons (Fsp3) is 0.455. The molecule has 1 saturated carbocycles. The number of aliphatic hydroxyl groups excluding tert-OH is 1. The Bertz CT molecular complexity index is 1650. The van der Waals surface area contributed by atoms with E-state index in [1.165, 1.54) is 12.8 Å². The van der Waals surface area contributed by atoms with E-state index in [1.807, 2.05) is 36.4 Å². The number of nitrogens with zero attached hydrogens (tertiary/aromatic N) is 1. The third-order valence-corrected chi connectivity index (χ3v) is 10.7. The van der Waals surface area contributed by atoms with Crippen LogP contribution in [0.5, 0.6) is 5.75 Å². The molecule has 8 nitrogen and oxygen atoms in total. The van der Waals surface area contributed by atoms with Crippen LogP contribution in [0.3, 0.4) is 0 Å². The van der Waals surface area contributed by atoms with Gasteiger partial charge in [0.25, 0.3) is 11.5 Å². The standard InChI is InChI=1S/C33H35N3O5/c37-22-8-7-20-13-28-33(41)15-21-11-24(31(40)35-29-23-4-2-1-3-19(23)12-27(29)38)30(39)34-26(21)16-32(33,25(20)14-22)9-10-36(28)17-18-5-6-18/h1-4,7-8,11,14,18,27-29,37-38,41H,5-6,9-10,12-13,15-17H2,(H,34,39)(H,35,40)/t27-,28-,29+,32-,33-/m1/s1. The van der Waals surface area contributed by atoms with Gasteiger partial charge in [0, 0.05) is 43.0 Å². The molecule has 2 heterocycles. The van der Waals surface area contributed by atoms with Crippen molar-refractivity contribution in [2.24, 2.45) is 5.92 Å². The molecule has 1 aromatic heterocycles. The van der Waals surface area contributed by atoms with Gasteiger partial charge in [-0.3, -0.25) is 14.5 Å². The number of amides is 1. The van der Waals surface area contributed by atoms with Crippen LogP contribution in [0.2, 0.25) is 0 Å². The fourth-order valence-electron chi connectivity index (χ4n) is 8.52. The molecule has 8 heteroatoms. The van der Waals surface area contributed by atoms with Gasteiger partial charge in [-0.15, -0.1) is 0 Å². The number of aliphatic hydroxyl groups is 2. The lowest BCUT2D eigenvalue weighted by Gasteiger charge is -2.63. The Morgan fingerprint density at radius 2 is 1.88 bits per heavy atom. The molecule has 1 amide bonds. The Hall–Kier alpha value is -3.46. The molecule has 4 aliphatic carbocycles. The maximum absolute atomic E-state index is 13.5. The Labute approximate surface area is 238 Å². The van der Waals surface area contributed by atoms with Crippen molar-refractivity contribution in [1.82, 2.24) is 15.2 Å². The van der Waals surface area contributed by atoms with E-state index in [-0.39, 0.29) is 17.4 Å². The van der Waals surface area contributed by atoms with Gasteiger partial charge in [0.05, 0.1) is 17.7 Å². The van der Waals surface area contributed by atoms with Gasteiger partial charge in [0.15, 0.2) is 0 Å². The minimum absolute atomic E-state index is 0.00580. The van der Waals surface area contributed by atoms with Crippen LogP contribution in [-0.2, 0) is 31.1 Å². The SMILES string of the molecule is O=C(N[C@H]1c2ccccc2C[C@H]1O)c1cc2c([nH]c1=O)C[C@]13CCN(CC4CC4)[C@H](Cc4ccc(O)cc41)[C@]3(O)C2. The van der Waals surface area contributed by atoms with Crippen molar-refractivity contribution in [2.75, 3.05) is 13.1 Å². The summed E-state index contributed by atoms with van der Waals surface area (Å²) in [5, 5.41) is 36.8. The largest absolute Gasteiger partial charge is 0.508 e. The molecule has 1 aliphatic heterocycles. The number of fused-ring (bicyclic) bond motifs is 3. The summed E-state index contributed by atoms with van der Waals surface area (Å²) in [6, 6.07) is 14.1. The van der Waals surface area contributed by atoms with Crippen LogP contribution < -0.4 is 10.9 Å². The van der Waals surface area contributed by atoms with Gasteiger partial charge in [-0.2, -0.15) is 0 Å². The normalized spacial score (nSPS) is 31.5. The highest BCUT2D eigenvalue weighted by molar-refractivity contribution is 5.94. The Balaban J connectivity index is 1.18. The maximum Gasteiger partial charge on any atom is 0.261 e. The number of phenolic OH excluding ortho intramolecular Hbond substituents is 1. The number of rotatable bonds is 4. The van der Waals surface area contributed by atoms with Crippen LogP contribution >= 0.6 is 0 Å². The molecule has 212 valence electrons. The number of aromatic hydroxyl groups is 1. The molecule has 41 heavy (non-hydrogen) atoms. The summed E-state index contributed by atoms with van der Waals surface area (Å²) >= 11 is 0. The van der Waals surface area contributed by atoms with Crippen molar-refractivity contribution >= 4 is 5.91 Å². The van der Waals surface area contributed by atoms with Gasteiger partial charge in [0.2, 0.25) is 0 Å². The molecule has 5 aliphatic rings. The van der Waals surface area contributed by atoms with Gasteiger partial charge in [0.1, 0.15) is 11.3 Å². The second kappa shape index (κ2) is 8.77. The van der Waals surface area contributed by atoms with Gasteiger partial charge in [-0.25, -0.2) is 0 Å². The first kappa shape index (κ1) is 25.3. The molecule has 2 fully saturated rings. The molecule has 8 rings (SSSR count). The summed E-state index contributed by atoms with van der Waals surface area (Å²) in [4.78, 5) is 32.3. The van der Waals surface area contributed by atoms with E-state index < -0.39 is 34.6 Å². The van der Waals surface area contributed by atoms with Crippen LogP contribution in [0.25, 0.3) is 0 Å². The summed E-state index contributed by atoms with van der Waals surface area (Å²) in [5.74, 6) is 0.337. The van der Waals surface area contributed by atoms with E-state index in [0.29, 0.717) is 31.6 Å². The second-order valence-corrected chi connectivity index (χ2v) is 13.0. The molecule has 0 unspecified atom stereocenters. The van der Waals surface area contributed by atoms with Crippen molar-refractivity contribution in [1.29, 1.82) is 0 Å². The van der Waals surface area contributed by atoms with Crippen LogP contribution in [0, 0.1) is 5.92 Å². The summed E-state index contributed by atoms with van der Waals surface area (Å²) in [5.41, 5.74) is 3.28. The van der Waals surface area contributed by atoms with Crippen molar-refractivity contribution in [3.05, 3.63) is 98.0 Å². The minimum atomic E-state index is -1.11. The van der Waals surface area contributed by atoms with Gasteiger partial charge in [-0.05, 0) is 84.2 Å². The molecule has 1 saturated heterocycles. The van der Waals surface area contributed by atoms with Crippen molar-refractivity contribution in [3.63, 3.8) is 0 Å². The lowest BCUT2D eigenvalue weighted by atomic mass is 9.49. The third kappa shape index (κ3) is 3.70. The highest BCUT2D eigenvalue weighted by atomic mass is 16.3. The monoisotopic (exact) mass is 553 g/mol. The first-order valence-corrected chi connectivity index (χ1v) is 14.9. The summed E-state index contributed by atoms with van der Waals surface area (Å²) in [6.07, 6.45) is 4.35. The average Bonchev–Trinajstić information content (AvgIpc) is 3.71. The number of pyridine rings is 1. The van der Waals surface area contributed by atoms with Crippen LogP contribution in [0.15, 0.2) is 53.3 Å². The van der Waals surface area contributed by atoms with Crippen LogP contribution in [-0.4, -0.2) is 61.9 Å². The van der Waals surface area contributed by atoms with Gasteiger partial charge in [-0.1, -0.05) is 30.3 Å². The number of hydrogen-bond donors (Lipinski definition) is 5. The summed E-state index contributed by atoms with van der Waals surface area (Å²) < 4.78 is 0. The highest BCUT2D eigenvalue weighted by Crippen LogP contribution is 2.57.